The molecule has 0 nitrogen and oxygen atoms in total. The van der Waals surface area contributed by atoms with E-state index >= 15 is 0 Å². The smallest absolute Gasteiger partial charge is 1.00 e. The molecule has 0 radical (unpaired) electrons. The van der Waals surface area contributed by atoms with Gasteiger partial charge in [0.25, 0.3) is 0 Å². The van der Waals surface area contributed by atoms with Crippen LogP contribution in [-0.2, 0) is 0 Å². The molecule has 12 heavy (non-hydrogen) atoms. The Morgan fingerprint density at radius 1 is 0.750 bits per heavy atom. The summed E-state index contributed by atoms with van der Waals surface area (Å²) in [4.78, 5) is 0. The minimum Gasteiger partial charge on any atom is -1.00 e. The molecule has 0 saturated heterocycles. The van der Waals surface area contributed by atoms with Crippen LogP contribution < -0.4 is 18.9 Å². The summed E-state index contributed by atoms with van der Waals surface area (Å²) in [5, 5.41) is 0. The summed E-state index contributed by atoms with van der Waals surface area (Å²) >= 11 is 0. The van der Waals surface area contributed by atoms with E-state index in [0.717, 1.165) is 0 Å². The Morgan fingerprint density at radius 3 is 1.42 bits per heavy atom. The molecular formula is C6H2F5Li. The Balaban J connectivity index is 0. The molecule has 1 aromatic carbocycles. The van der Waals surface area contributed by atoms with Crippen LogP contribution in [0.5, 0.6) is 0 Å². The van der Waals surface area contributed by atoms with E-state index in [1.807, 2.05) is 0 Å². The first kappa shape index (κ1) is 11.5. The van der Waals surface area contributed by atoms with Crippen LogP contribution in [-0.4, -0.2) is 0 Å². The molecule has 0 bridgehead atoms. The molecule has 0 amide bonds. The fraction of sp³-hybridized carbons (Fsp3) is 0. The van der Waals surface area contributed by atoms with Crippen LogP contribution in [0, 0.1) is 29.1 Å². The second kappa shape index (κ2) is 3.92. The topological polar surface area (TPSA) is 0 Å². The predicted octanol–water partition coefficient (Wildman–Crippen LogP) is -0.501. The summed E-state index contributed by atoms with van der Waals surface area (Å²) in [5.41, 5.74) is 0. The molecule has 0 aliphatic heterocycles. The van der Waals surface area contributed by atoms with Crippen molar-refractivity contribution in [1.82, 2.24) is 0 Å². The largest absolute Gasteiger partial charge is 1.00 e. The molecular weight excluding hydrogens is 174 g/mol. The van der Waals surface area contributed by atoms with Crippen LogP contribution in [0.3, 0.4) is 0 Å². The molecule has 6 heteroatoms. The van der Waals surface area contributed by atoms with Crippen LogP contribution in [0.1, 0.15) is 1.43 Å². The summed E-state index contributed by atoms with van der Waals surface area (Å²) in [6.07, 6.45) is 0. The predicted molar refractivity (Wildman–Crippen MR) is 27.3 cm³/mol. The molecule has 0 unspecified atom stereocenters. The van der Waals surface area contributed by atoms with Gasteiger partial charge in [0.2, 0.25) is 5.82 Å². The molecule has 0 saturated carbocycles. The molecule has 0 spiro atoms. The third-order valence-corrected chi connectivity index (χ3v) is 1.06. The normalized spacial score (nSPS) is 9.42. The Labute approximate surface area is 78.0 Å². The number of halogens is 5. The van der Waals surface area contributed by atoms with Gasteiger partial charge in [-0.25, -0.2) is 22.0 Å². The maximum Gasteiger partial charge on any atom is 1.00 e. The van der Waals surface area contributed by atoms with Gasteiger partial charge in [0, 0.05) is 6.07 Å². The molecule has 62 valence electrons. The third kappa shape index (κ3) is 1.79. The zero-order valence-electron chi connectivity index (χ0n) is 6.97. The maximum absolute atomic E-state index is 12.0. The number of rotatable bonds is 0. The van der Waals surface area contributed by atoms with E-state index < -0.39 is 29.1 Å². The van der Waals surface area contributed by atoms with Crippen molar-refractivity contribution >= 4 is 0 Å². The van der Waals surface area contributed by atoms with Crippen molar-refractivity contribution in [3.63, 3.8) is 0 Å². The Morgan fingerprint density at radius 2 is 1.08 bits per heavy atom. The fourth-order valence-electron chi connectivity index (χ4n) is 0.544. The van der Waals surface area contributed by atoms with E-state index in [1.165, 1.54) is 0 Å². The summed E-state index contributed by atoms with van der Waals surface area (Å²) in [6, 6.07) is -0.0618. The average molecular weight is 176 g/mol. The summed E-state index contributed by atoms with van der Waals surface area (Å²) in [6.45, 7) is 0. The molecule has 0 N–H and O–H groups in total. The minimum absolute atomic E-state index is 0. The van der Waals surface area contributed by atoms with E-state index in [4.69, 9.17) is 0 Å². The van der Waals surface area contributed by atoms with Crippen molar-refractivity contribution < 1.29 is 42.2 Å². The monoisotopic (exact) mass is 176 g/mol. The molecule has 1 aromatic rings. The Hall–Kier alpha value is -0.533. The van der Waals surface area contributed by atoms with E-state index in [9.17, 15) is 22.0 Å². The van der Waals surface area contributed by atoms with Gasteiger partial charge in [-0.05, 0) is 0 Å². The van der Waals surface area contributed by atoms with Gasteiger partial charge in [-0.3, -0.25) is 0 Å². The molecule has 0 heterocycles. The molecule has 0 atom stereocenters. The maximum atomic E-state index is 12.0. The van der Waals surface area contributed by atoms with Crippen LogP contribution in [0.15, 0.2) is 6.07 Å². The zero-order chi connectivity index (χ0) is 8.59. The first-order valence-corrected chi connectivity index (χ1v) is 2.52. The van der Waals surface area contributed by atoms with Gasteiger partial charge in [0.05, 0.1) is 0 Å². The summed E-state index contributed by atoms with van der Waals surface area (Å²) in [7, 11) is 0. The molecule has 0 aromatic heterocycles. The van der Waals surface area contributed by atoms with Crippen LogP contribution in [0.25, 0.3) is 0 Å². The fourth-order valence-corrected chi connectivity index (χ4v) is 0.544. The molecule has 0 aliphatic carbocycles. The van der Waals surface area contributed by atoms with Crippen molar-refractivity contribution in [2.24, 2.45) is 0 Å². The van der Waals surface area contributed by atoms with E-state index in [2.05, 4.69) is 0 Å². The van der Waals surface area contributed by atoms with Crippen molar-refractivity contribution in [3.05, 3.63) is 35.2 Å². The first-order valence-electron chi connectivity index (χ1n) is 2.52. The van der Waals surface area contributed by atoms with Crippen LogP contribution in [0.2, 0.25) is 0 Å². The van der Waals surface area contributed by atoms with Crippen molar-refractivity contribution in [1.29, 1.82) is 0 Å². The number of benzene rings is 1. The zero-order valence-corrected chi connectivity index (χ0v) is 5.97. The van der Waals surface area contributed by atoms with Gasteiger partial charge < -0.3 is 1.43 Å². The van der Waals surface area contributed by atoms with E-state index in [1.54, 1.807) is 0 Å². The number of hydrogen-bond acceptors (Lipinski definition) is 0. The summed E-state index contributed by atoms with van der Waals surface area (Å²) in [5.74, 6) is -9.65. The van der Waals surface area contributed by atoms with Gasteiger partial charge in [0.1, 0.15) is 0 Å². The quantitative estimate of drug-likeness (QED) is 0.216. The van der Waals surface area contributed by atoms with Gasteiger partial charge in [-0.2, -0.15) is 0 Å². The second-order valence-corrected chi connectivity index (χ2v) is 1.78. The Bertz CT molecular complexity index is 277. The van der Waals surface area contributed by atoms with Crippen molar-refractivity contribution in [2.75, 3.05) is 0 Å². The van der Waals surface area contributed by atoms with Gasteiger partial charge in [0.15, 0.2) is 23.3 Å². The van der Waals surface area contributed by atoms with Gasteiger partial charge in [-0.1, -0.05) is 0 Å². The standard InChI is InChI=1S/C6HF5.Li.H/c7-2-1-3(8)5(10)6(11)4(2)9;;/h1H;;/q;+1;-1. The summed E-state index contributed by atoms with van der Waals surface area (Å²) < 4.78 is 60.0. The third-order valence-electron chi connectivity index (χ3n) is 1.06. The van der Waals surface area contributed by atoms with Gasteiger partial charge in [-0.15, -0.1) is 0 Å². The van der Waals surface area contributed by atoms with E-state index in [-0.39, 0.29) is 26.4 Å². The Kier molecular flexibility index (Phi) is 3.75. The first-order chi connectivity index (χ1) is 5.04. The van der Waals surface area contributed by atoms with Crippen LogP contribution in [0.4, 0.5) is 22.0 Å². The second-order valence-electron chi connectivity index (χ2n) is 1.78. The minimum atomic E-state index is -2.14. The van der Waals surface area contributed by atoms with E-state index in [0.29, 0.717) is 0 Å². The van der Waals surface area contributed by atoms with Crippen molar-refractivity contribution in [3.8, 4) is 0 Å². The molecule has 0 aliphatic rings. The SMILES string of the molecule is Fc1cc(F)c(F)c(F)c1F.[H-].[Li+]. The number of hydrogen-bond donors (Lipinski definition) is 0. The average Bonchev–Trinajstić information content (AvgIpc) is 1.97. The van der Waals surface area contributed by atoms with Crippen molar-refractivity contribution in [2.45, 2.75) is 0 Å². The van der Waals surface area contributed by atoms with Gasteiger partial charge >= 0.3 is 18.9 Å². The molecule has 0 fully saturated rings. The van der Waals surface area contributed by atoms with Crippen LogP contribution >= 0.6 is 0 Å². The molecule has 1 rings (SSSR count).